The van der Waals surface area contributed by atoms with Gasteiger partial charge in [0, 0.05) is 54.8 Å². The van der Waals surface area contributed by atoms with Crippen molar-refractivity contribution in [2.24, 2.45) is 0 Å². The van der Waals surface area contributed by atoms with Crippen molar-refractivity contribution >= 4 is 5.91 Å². The predicted octanol–water partition coefficient (Wildman–Crippen LogP) is 5.46. The van der Waals surface area contributed by atoms with E-state index in [9.17, 15) is 9.18 Å². The normalized spacial score (nSPS) is 15.9. The maximum Gasteiger partial charge on any atom is 0.253 e. The largest absolute Gasteiger partial charge is 0.338 e. The Hall–Kier alpha value is -3.80. The van der Waals surface area contributed by atoms with Gasteiger partial charge in [0.2, 0.25) is 0 Å². The quantitative estimate of drug-likeness (QED) is 0.402. The van der Waals surface area contributed by atoms with Crippen molar-refractivity contribution in [1.82, 2.24) is 19.4 Å². The zero-order valence-electron chi connectivity index (χ0n) is 19.2. The Morgan fingerprint density at radius 3 is 2.76 bits per heavy atom. The zero-order valence-corrected chi connectivity index (χ0v) is 19.2. The van der Waals surface area contributed by atoms with E-state index in [0.717, 1.165) is 36.5 Å². The highest BCUT2D eigenvalue weighted by atomic mass is 19.1. The lowest BCUT2D eigenvalue weighted by atomic mass is 9.93. The third-order valence-electron chi connectivity index (χ3n) is 6.50. The molecule has 2 aromatic carbocycles. The molecule has 0 unspecified atom stereocenters. The van der Waals surface area contributed by atoms with Crippen LogP contribution in [0.15, 0.2) is 79.1 Å². The van der Waals surface area contributed by atoms with Crippen LogP contribution in [0.2, 0.25) is 0 Å². The second-order valence-corrected chi connectivity index (χ2v) is 8.82. The summed E-state index contributed by atoms with van der Waals surface area (Å²) in [7, 11) is 0. The molecule has 5 nitrogen and oxygen atoms in total. The van der Waals surface area contributed by atoms with Crippen LogP contribution in [0.1, 0.15) is 46.2 Å². The van der Waals surface area contributed by atoms with Crippen molar-refractivity contribution in [1.29, 1.82) is 0 Å². The highest BCUT2D eigenvalue weighted by Crippen LogP contribution is 2.29. The van der Waals surface area contributed by atoms with Gasteiger partial charge in [0.05, 0.1) is 5.69 Å². The first kappa shape index (κ1) is 22.0. The highest BCUT2D eigenvalue weighted by Gasteiger charge is 2.26. The number of pyridine rings is 1. The maximum absolute atomic E-state index is 14.3. The number of benzene rings is 2. The Balaban J connectivity index is 1.33. The Morgan fingerprint density at radius 2 is 1.94 bits per heavy atom. The molecule has 1 amide bonds. The Bertz CT molecular complexity index is 1320. The van der Waals surface area contributed by atoms with Crippen molar-refractivity contribution in [2.75, 3.05) is 13.1 Å². The molecule has 1 aliphatic heterocycles. The molecule has 0 radical (unpaired) electrons. The molecule has 5 rings (SSSR count). The molecule has 0 bridgehead atoms. The molecular weight excluding hydrogens is 427 g/mol. The van der Waals surface area contributed by atoms with Gasteiger partial charge in [0.25, 0.3) is 5.91 Å². The van der Waals surface area contributed by atoms with Gasteiger partial charge in [0.15, 0.2) is 0 Å². The average molecular weight is 455 g/mol. The van der Waals surface area contributed by atoms with Crippen LogP contribution in [0, 0.1) is 12.7 Å². The molecule has 1 fully saturated rings. The van der Waals surface area contributed by atoms with Crippen LogP contribution < -0.4 is 0 Å². The zero-order chi connectivity index (χ0) is 23.5. The SMILES string of the molecule is Cc1nccn1Cc1cccc(C(=O)N2CCC[C@H](c3cccc(-c4ccccc4F)n3)C2)c1. The minimum atomic E-state index is -0.279. The van der Waals surface area contributed by atoms with Crippen LogP contribution in [0.5, 0.6) is 0 Å². The number of amides is 1. The van der Waals surface area contributed by atoms with E-state index in [0.29, 0.717) is 29.9 Å². The summed E-state index contributed by atoms with van der Waals surface area (Å²) in [5.41, 5.74) is 3.80. The second kappa shape index (κ2) is 9.59. The fraction of sp³-hybridized carbons (Fsp3) is 0.250. The number of nitrogens with zero attached hydrogens (tertiary/aromatic N) is 4. The number of aromatic nitrogens is 3. The first-order chi connectivity index (χ1) is 16.6. The van der Waals surface area contributed by atoms with Gasteiger partial charge in [-0.1, -0.05) is 30.3 Å². The Morgan fingerprint density at radius 1 is 1.09 bits per heavy atom. The molecule has 6 heteroatoms. The van der Waals surface area contributed by atoms with Gasteiger partial charge in [-0.25, -0.2) is 9.37 Å². The number of carbonyl (C=O) groups excluding carboxylic acids is 1. The van der Waals surface area contributed by atoms with Crippen molar-refractivity contribution in [3.05, 3.63) is 108 Å². The third-order valence-corrected chi connectivity index (χ3v) is 6.50. The number of aryl methyl sites for hydroxylation is 1. The topological polar surface area (TPSA) is 51.0 Å². The summed E-state index contributed by atoms with van der Waals surface area (Å²) in [6.45, 7) is 3.99. The Labute approximate surface area is 198 Å². The van der Waals surface area contributed by atoms with Gasteiger partial charge in [0.1, 0.15) is 11.6 Å². The van der Waals surface area contributed by atoms with Crippen LogP contribution in [-0.4, -0.2) is 38.4 Å². The van der Waals surface area contributed by atoms with E-state index in [1.165, 1.54) is 6.07 Å². The minimum Gasteiger partial charge on any atom is -0.338 e. The van der Waals surface area contributed by atoms with E-state index in [2.05, 4.69) is 9.55 Å². The average Bonchev–Trinajstić information content (AvgIpc) is 3.28. The monoisotopic (exact) mass is 454 g/mol. The van der Waals surface area contributed by atoms with Gasteiger partial charge in [-0.15, -0.1) is 0 Å². The first-order valence-corrected chi connectivity index (χ1v) is 11.7. The summed E-state index contributed by atoms with van der Waals surface area (Å²) in [6.07, 6.45) is 5.60. The molecular formula is C28H27FN4O. The predicted molar refractivity (Wildman–Crippen MR) is 130 cm³/mol. The van der Waals surface area contributed by atoms with Gasteiger partial charge < -0.3 is 9.47 Å². The van der Waals surface area contributed by atoms with E-state index in [-0.39, 0.29) is 17.6 Å². The number of likely N-dealkylation sites (tertiary alicyclic amines) is 1. The molecule has 3 heterocycles. The summed E-state index contributed by atoms with van der Waals surface area (Å²) < 4.78 is 16.3. The van der Waals surface area contributed by atoms with E-state index < -0.39 is 0 Å². The smallest absolute Gasteiger partial charge is 0.253 e. The van der Waals surface area contributed by atoms with Gasteiger partial charge >= 0.3 is 0 Å². The molecule has 1 saturated heterocycles. The van der Waals surface area contributed by atoms with Gasteiger partial charge in [-0.05, 0) is 61.7 Å². The standard InChI is InChI=1S/C28H27FN4O/c1-20-30-14-16-32(20)18-21-7-4-8-22(17-21)28(34)33-15-6-9-23(19-33)26-12-5-13-27(31-26)24-10-2-3-11-25(24)29/h2-5,7-8,10-14,16-17,23H,6,9,15,18-19H2,1H3/t23-/m0/s1. The number of carbonyl (C=O) groups is 1. The molecule has 2 aromatic heterocycles. The van der Waals surface area contributed by atoms with E-state index >= 15 is 0 Å². The van der Waals surface area contributed by atoms with Crippen LogP contribution in [0.25, 0.3) is 11.3 Å². The van der Waals surface area contributed by atoms with Crippen molar-refractivity contribution < 1.29 is 9.18 Å². The van der Waals surface area contributed by atoms with Crippen LogP contribution in [0.4, 0.5) is 4.39 Å². The maximum atomic E-state index is 14.3. The van der Waals surface area contributed by atoms with Crippen LogP contribution >= 0.6 is 0 Å². The number of hydrogen-bond donors (Lipinski definition) is 0. The van der Waals surface area contributed by atoms with Crippen LogP contribution in [-0.2, 0) is 6.54 Å². The summed E-state index contributed by atoms with van der Waals surface area (Å²) in [4.78, 5) is 24.3. The summed E-state index contributed by atoms with van der Waals surface area (Å²) in [5.74, 6) is 0.833. The summed E-state index contributed by atoms with van der Waals surface area (Å²) in [6, 6.07) is 20.3. The number of rotatable bonds is 5. The molecule has 4 aromatic rings. The number of hydrogen-bond acceptors (Lipinski definition) is 3. The number of halogens is 1. The van der Waals surface area contributed by atoms with E-state index in [1.54, 1.807) is 18.3 Å². The molecule has 0 aliphatic carbocycles. The number of imidazole rings is 1. The van der Waals surface area contributed by atoms with Crippen LogP contribution in [0.3, 0.4) is 0 Å². The third kappa shape index (κ3) is 4.62. The molecule has 1 aliphatic rings. The van der Waals surface area contributed by atoms with Gasteiger partial charge in [-0.3, -0.25) is 9.78 Å². The van der Waals surface area contributed by atoms with Crippen molar-refractivity contribution in [3.63, 3.8) is 0 Å². The lowest BCUT2D eigenvalue weighted by molar-refractivity contribution is 0.0706. The summed E-state index contributed by atoms with van der Waals surface area (Å²) >= 11 is 0. The first-order valence-electron chi connectivity index (χ1n) is 11.7. The molecule has 34 heavy (non-hydrogen) atoms. The summed E-state index contributed by atoms with van der Waals surface area (Å²) in [5, 5.41) is 0. The van der Waals surface area contributed by atoms with E-state index in [4.69, 9.17) is 4.98 Å². The molecule has 172 valence electrons. The molecule has 1 atom stereocenters. The fourth-order valence-electron chi connectivity index (χ4n) is 4.65. The lowest BCUT2D eigenvalue weighted by Gasteiger charge is -2.33. The molecule has 0 spiro atoms. The van der Waals surface area contributed by atoms with Crippen molar-refractivity contribution in [2.45, 2.75) is 32.2 Å². The lowest BCUT2D eigenvalue weighted by Crippen LogP contribution is -2.39. The van der Waals surface area contributed by atoms with Crippen molar-refractivity contribution in [3.8, 4) is 11.3 Å². The minimum absolute atomic E-state index is 0.0409. The molecule has 0 saturated carbocycles. The fourth-order valence-corrected chi connectivity index (χ4v) is 4.65. The van der Waals surface area contributed by atoms with E-state index in [1.807, 2.05) is 66.6 Å². The van der Waals surface area contributed by atoms with Gasteiger partial charge in [-0.2, -0.15) is 0 Å². The molecule has 0 N–H and O–H groups in total. The number of piperidine rings is 1. The highest BCUT2D eigenvalue weighted by molar-refractivity contribution is 5.94. The second-order valence-electron chi connectivity index (χ2n) is 8.82. The Kier molecular flexibility index (Phi) is 6.21.